The first-order chi connectivity index (χ1) is 20.7. The molecule has 4 rings (SSSR count). The number of ether oxygens (including phenoxy) is 2. The van der Waals surface area contributed by atoms with Gasteiger partial charge in [-0.2, -0.15) is 57.1 Å². The monoisotopic (exact) mass is 690 g/mol. The maximum atomic E-state index is 16.1. The highest BCUT2D eigenvalue weighted by Crippen LogP contribution is 2.70. The van der Waals surface area contributed by atoms with Crippen LogP contribution >= 0.6 is 0 Å². The summed E-state index contributed by atoms with van der Waals surface area (Å²) < 4.78 is 196. The van der Waals surface area contributed by atoms with Gasteiger partial charge in [-0.15, -0.1) is 0 Å². The summed E-state index contributed by atoms with van der Waals surface area (Å²) in [5.74, 6) is -48.5. The molecule has 0 spiro atoms. The van der Waals surface area contributed by atoms with Gasteiger partial charge in [-0.1, -0.05) is 13.0 Å². The topological polar surface area (TPSA) is 72.8 Å². The summed E-state index contributed by atoms with van der Waals surface area (Å²) in [7, 11) is 0. The highest BCUT2D eigenvalue weighted by molar-refractivity contribution is 5.69. The fourth-order valence-electron chi connectivity index (χ4n) is 7.62. The maximum absolute atomic E-state index is 16.1. The van der Waals surface area contributed by atoms with Gasteiger partial charge in [0.1, 0.15) is 11.9 Å². The van der Waals surface area contributed by atoms with Crippen LogP contribution in [0.15, 0.2) is 18.2 Å². The molecule has 0 heterocycles. The van der Waals surface area contributed by atoms with Crippen molar-refractivity contribution in [2.75, 3.05) is 0 Å². The van der Waals surface area contributed by atoms with Crippen molar-refractivity contribution in [1.29, 1.82) is 0 Å². The molecule has 1 aromatic carbocycles. The van der Waals surface area contributed by atoms with Crippen LogP contribution in [0.4, 0.5) is 57.1 Å². The molecule has 1 unspecified atom stereocenters. The molecule has 1 aromatic rings. The largest absolute Gasteiger partial charge is 0.462 e. The zero-order valence-corrected chi connectivity index (χ0v) is 24.0. The maximum Gasteiger partial charge on any atom is 0.460 e. The quantitative estimate of drug-likeness (QED) is 0.179. The minimum atomic E-state index is -8.10. The second-order valence-electron chi connectivity index (χ2n) is 12.3. The summed E-state index contributed by atoms with van der Waals surface area (Å²) in [5, 5.41) is 11.2. The van der Waals surface area contributed by atoms with E-state index < -0.39 is 100 Å². The Balaban J connectivity index is 1.93. The van der Waals surface area contributed by atoms with E-state index in [-0.39, 0.29) is 31.2 Å². The van der Waals surface area contributed by atoms with Gasteiger partial charge in [-0.25, -0.2) is 0 Å². The number of carbonyl (C=O) groups excluding carboxylic acids is 2. The lowest BCUT2D eigenvalue weighted by Crippen LogP contribution is -2.72. The van der Waals surface area contributed by atoms with E-state index in [1.165, 1.54) is 13.0 Å². The van der Waals surface area contributed by atoms with Crippen molar-refractivity contribution in [2.45, 2.75) is 100 Å². The first kappa shape index (κ1) is 36.1. The standard InChI is InChI=1S/C28H27F13O5/c1-11(42)45-13-4-5-14-15-8-9-22(3)17(6-7-18(22)46-12(2)43)19(15)20(21(44)16(14)10-13)23(29,30)24(31,32)25(33,34)26(35,36)27(37,38)28(39,40)41/h4-5,10,15,17-21,44H,6-9H2,1-3H3/t15-,17+,18+,19-,20+,21?,22+/m1/s1. The average molecular weight is 690 g/mol. The van der Waals surface area contributed by atoms with E-state index in [0.717, 1.165) is 26.0 Å². The Morgan fingerprint density at radius 3 is 1.87 bits per heavy atom. The number of carbonyl (C=O) groups is 2. The van der Waals surface area contributed by atoms with Gasteiger partial charge in [-0.05, 0) is 66.7 Å². The molecule has 1 N–H and O–H groups in total. The predicted molar refractivity (Wildman–Crippen MR) is 129 cm³/mol. The number of fused-ring (bicyclic) bond motifs is 5. The van der Waals surface area contributed by atoms with Gasteiger partial charge in [0.05, 0.1) is 12.0 Å². The lowest BCUT2D eigenvalue weighted by molar-refractivity contribution is -0.446. The third-order valence-electron chi connectivity index (χ3n) is 9.72. The molecule has 0 amide bonds. The molecule has 260 valence electrons. The molecule has 2 saturated carbocycles. The van der Waals surface area contributed by atoms with Crippen LogP contribution < -0.4 is 4.74 Å². The van der Waals surface area contributed by atoms with E-state index in [2.05, 4.69) is 0 Å². The molecule has 3 aliphatic rings. The van der Waals surface area contributed by atoms with Crippen molar-refractivity contribution in [3.8, 4) is 5.75 Å². The van der Waals surface area contributed by atoms with Gasteiger partial charge in [0.25, 0.3) is 0 Å². The smallest absolute Gasteiger partial charge is 0.460 e. The summed E-state index contributed by atoms with van der Waals surface area (Å²) in [6, 6.07) is 3.07. The molecular weight excluding hydrogens is 663 g/mol. The molecule has 3 aliphatic carbocycles. The van der Waals surface area contributed by atoms with Gasteiger partial charge < -0.3 is 14.6 Å². The molecule has 5 nitrogen and oxygen atoms in total. The van der Waals surface area contributed by atoms with Crippen molar-refractivity contribution < 1.29 is 81.2 Å². The highest BCUT2D eigenvalue weighted by Gasteiger charge is 2.92. The van der Waals surface area contributed by atoms with Crippen molar-refractivity contribution >= 4 is 11.9 Å². The number of hydrogen-bond donors (Lipinski definition) is 1. The van der Waals surface area contributed by atoms with Crippen LogP contribution in [0.5, 0.6) is 5.75 Å². The fourth-order valence-corrected chi connectivity index (χ4v) is 7.62. The van der Waals surface area contributed by atoms with E-state index in [0.29, 0.717) is 0 Å². The van der Waals surface area contributed by atoms with Crippen molar-refractivity contribution in [2.24, 2.45) is 23.2 Å². The number of esters is 2. The minimum absolute atomic E-state index is 0.00227. The summed E-state index contributed by atoms with van der Waals surface area (Å²) in [5.41, 5.74) is -1.99. The fraction of sp³-hybridized carbons (Fsp3) is 0.714. The second kappa shape index (κ2) is 10.9. The number of hydrogen-bond acceptors (Lipinski definition) is 5. The Labute approximate surface area is 252 Å². The number of aliphatic hydroxyl groups excluding tert-OH is 1. The van der Waals surface area contributed by atoms with Crippen LogP contribution in [0.2, 0.25) is 0 Å². The first-order valence-corrected chi connectivity index (χ1v) is 13.8. The number of halogens is 13. The van der Waals surface area contributed by atoms with Gasteiger partial charge in [-0.3, -0.25) is 9.59 Å². The summed E-state index contributed by atoms with van der Waals surface area (Å²) in [4.78, 5) is 23.2. The summed E-state index contributed by atoms with van der Waals surface area (Å²) in [6.45, 7) is 3.34. The van der Waals surface area contributed by atoms with Crippen LogP contribution in [0.3, 0.4) is 0 Å². The Morgan fingerprint density at radius 2 is 1.35 bits per heavy atom. The van der Waals surface area contributed by atoms with Crippen LogP contribution in [0.1, 0.15) is 69.6 Å². The van der Waals surface area contributed by atoms with Crippen LogP contribution in [-0.2, 0) is 14.3 Å². The molecule has 0 saturated heterocycles. The van der Waals surface area contributed by atoms with Crippen LogP contribution in [0, 0.1) is 23.2 Å². The Morgan fingerprint density at radius 1 is 0.783 bits per heavy atom. The third kappa shape index (κ3) is 4.93. The third-order valence-corrected chi connectivity index (χ3v) is 9.72. The molecular formula is C28H27F13O5. The van der Waals surface area contributed by atoms with Gasteiger partial charge in [0.15, 0.2) is 0 Å². The first-order valence-electron chi connectivity index (χ1n) is 13.8. The number of benzene rings is 1. The van der Waals surface area contributed by atoms with Crippen molar-refractivity contribution in [3.63, 3.8) is 0 Å². The van der Waals surface area contributed by atoms with E-state index in [4.69, 9.17) is 9.47 Å². The molecule has 18 heteroatoms. The number of aliphatic hydroxyl groups is 1. The molecule has 0 aliphatic heterocycles. The SMILES string of the molecule is CC(=O)Oc1ccc2c(c1)C(O)[C@@H](C(F)(F)C(F)(F)C(F)(F)C(F)(F)C(F)(F)C(F)(F)F)[C@@H]1[C@@H]2CC[C@]2(C)[C@@H](OC(C)=O)CC[C@@H]12. The normalized spacial score (nSPS) is 30.6. The Hall–Kier alpha value is -2.79. The van der Waals surface area contributed by atoms with Crippen molar-refractivity contribution in [1.82, 2.24) is 0 Å². The second-order valence-corrected chi connectivity index (χ2v) is 12.3. The molecule has 7 atom stereocenters. The lowest BCUT2D eigenvalue weighted by atomic mass is 9.50. The molecule has 0 aromatic heterocycles. The van der Waals surface area contributed by atoms with Gasteiger partial charge in [0, 0.05) is 19.3 Å². The Kier molecular flexibility index (Phi) is 8.52. The lowest BCUT2D eigenvalue weighted by Gasteiger charge is -2.56. The van der Waals surface area contributed by atoms with Gasteiger partial charge >= 0.3 is 47.7 Å². The van der Waals surface area contributed by atoms with Crippen LogP contribution in [0.25, 0.3) is 0 Å². The Bertz CT molecular complexity index is 1380. The van der Waals surface area contributed by atoms with E-state index >= 15 is 17.6 Å². The van der Waals surface area contributed by atoms with E-state index in [1.807, 2.05) is 0 Å². The zero-order valence-electron chi connectivity index (χ0n) is 24.0. The summed E-state index contributed by atoms with van der Waals surface area (Å²) >= 11 is 0. The van der Waals surface area contributed by atoms with E-state index in [9.17, 15) is 54.2 Å². The van der Waals surface area contributed by atoms with E-state index in [1.54, 1.807) is 0 Å². The number of alkyl halides is 13. The molecule has 2 fully saturated rings. The molecule has 0 bridgehead atoms. The highest BCUT2D eigenvalue weighted by atomic mass is 19.4. The van der Waals surface area contributed by atoms with Crippen LogP contribution in [-0.4, -0.2) is 58.9 Å². The van der Waals surface area contributed by atoms with Gasteiger partial charge in [0.2, 0.25) is 0 Å². The average Bonchev–Trinajstić information content (AvgIpc) is 3.22. The van der Waals surface area contributed by atoms with Crippen molar-refractivity contribution in [3.05, 3.63) is 29.3 Å². The minimum Gasteiger partial charge on any atom is -0.462 e. The molecule has 0 radical (unpaired) electrons. The summed E-state index contributed by atoms with van der Waals surface area (Å²) in [6.07, 6.45) is -11.9. The zero-order chi connectivity index (χ0) is 35.2. The number of rotatable bonds is 7. The predicted octanol–water partition coefficient (Wildman–Crippen LogP) is 7.86. The molecule has 46 heavy (non-hydrogen) atoms.